The van der Waals surface area contributed by atoms with E-state index in [4.69, 9.17) is 4.42 Å². The summed E-state index contributed by atoms with van der Waals surface area (Å²) in [6.07, 6.45) is 0.677. The first-order chi connectivity index (χ1) is 14.2. The molecule has 0 aliphatic heterocycles. The van der Waals surface area contributed by atoms with Gasteiger partial charge in [0.25, 0.3) is 5.91 Å². The van der Waals surface area contributed by atoms with E-state index in [0.717, 1.165) is 11.3 Å². The second-order valence-corrected chi connectivity index (χ2v) is 6.44. The fourth-order valence-electron chi connectivity index (χ4n) is 2.96. The standard InChI is InChI=1S/C23H17N3O3/c27-23(21-13-12-20(29-21)17-8-4-10-19(15-17)26-28)25-22-11-5-9-18(24-22)14-16-6-2-1-3-7-16/h1-13,15H,14H2,(H,24,25,27). The Labute approximate surface area is 167 Å². The predicted molar refractivity (Wildman–Crippen MR) is 111 cm³/mol. The fourth-order valence-corrected chi connectivity index (χ4v) is 2.96. The third-order valence-electron chi connectivity index (χ3n) is 4.34. The van der Waals surface area contributed by atoms with Gasteiger partial charge in [0.05, 0.1) is 0 Å². The number of carbonyl (C=O) groups excluding carboxylic acids is 1. The van der Waals surface area contributed by atoms with Crippen molar-refractivity contribution >= 4 is 17.4 Å². The van der Waals surface area contributed by atoms with Crippen LogP contribution in [0.3, 0.4) is 0 Å². The number of benzene rings is 2. The van der Waals surface area contributed by atoms with Gasteiger partial charge in [0.2, 0.25) is 0 Å². The monoisotopic (exact) mass is 383 g/mol. The first-order valence-corrected chi connectivity index (χ1v) is 9.06. The summed E-state index contributed by atoms with van der Waals surface area (Å²) >= 11 is 0. The maximum Gasteiger partial charge on any atom is 0.292 e. The summed E-state index contributed by atoms with van der Waals surface area (Å²) in [7, 11) is 0. The highest BCUT2D eigenvalue weighted by Crippen LogP contribution is 2.26. The zero-order valence-corrected chi connectivity index (χ0v) is 15.4. The van der Waals surface area contributed by atoms with E-state index in [0.29, 0.717) is 29.2 Å². The van der Waals surface area contributed by atoms with Crippen LogP contribution in [0, 0.1) is 4.91 Å². The molecule has 2 aromatic carbocycles. The molecule has 1 amide bonds. The van der Waals surface area contributed by atoms with Crippen molar-refractivity contribution in [1.82, 2.24) is 4.98 Å². The zero-order chi connectivity index (χ0) is 20.1. The van der Waals surface area contributed by atoms with E-state index in [9.17, 15) is 9.70 Å². The molecule has 0 saturated carbocycles. The lowest BCUT2D eigenvalue weighted by atomic mass is 10.1. The number of anilines is 1. The molecular formula is C23H17N3O3. The first kappa shape index (κ1) is 18.3. The Morgan fingerprint density at radius 1 is 0.931 bits per heavy atom. The molecule has 1 N–H and O–H groups in total. The Bertz CT molecular complexity index is 1150. The van der Waals surface area contributed by atoms with Crippen molar-refractivity contribution in [3.63, 3.8) is 0 Å². The number of nitroso groups, excluding NO2 is 1. The maximum absolute atomic E-state index is 12.5. The van der Waals surface area contributed by atoms with Gasteiger partial charge in [-0.15, -0.1) is 4.91 Å². The van der Waals surface area contributed by atoms with Crippen LogP contribution >= 0.6 is 0 Å². The van der Waals surface area contributed by atoms with Crippen molar-refractivity contribution < 1.29 is 9.21 Å². The maximum atomic E-state index is 12.5. The van der Waals surface area contributed by atoms with Crippen LogP contribution in [0.2, 0.25) is 0 Å². The van der Waals surface area contributed by atoms with Crippen LogP contribution in [0.25, 0.3) is 11.3 Å². The van der Waals surface area contributed by atoms with Crippen molar-refractivity contribution in [2.24, 2.45) is 5.18 Å². The van der Waals surface area contributed by atoms with Gasteiger partial charge >= 0.3 is 0 Å². The van der Waals surface area contributed by atoms with Gasteiger partial charge in [-0.2, -0.15) is 0 Å². The van der Waals surface area contributed by atoms with Gasteiger partial charge < -0.3 is 9.73 Å². The molecule has 29 heavy (non-hydrogen) atoms. The van der Waals surface area contributed by atoms with E-state index in [-0.39, 0.29) is 5.76 Å². The zero-order valence-electron chi connectivity index (χ0n) is 15.4. The molecule has 4 aromatic rings. The number of furan rings is 1. The highest BCUT2D eigenvalue weighted by atomic mass is 16.3. The normalized spacial score (nSPS) is 10.5. The first-order valence-electron chi connectivity index (χ1n) is 9.06. The van der Waals surface area contributed by atoms with E-state index in [1.807, 2.05) is 42.5 Å². The minimum atomic E-state index is -0.398. The van der Waals surface area contributed by atoms with E-state index in [1.165, 1.54) is 0 Å². The van der Waals surface area contributed by atoms with Gasteiger partial charge in [-0.05, 0) is 47.1 Å². The largest absolute Gasteiger partial charge is 0.451 e. The number of hydrogen-bond donors (Lipinski definition) is 1. The number of carbonyl (C=O) groups is 1. The molecule has 0 spiro atoms. The van der Waals surface area contributed by atoms with Crippen molar-refractivity contribution in [2.75, 3.05) is 5.32 Å². The molecule has 2 heterocycles. The Hall–Kier alpha value is -4.06. The lowest BCUT2D eigenvalue weighted by Crippen LogP contribution is -2.12. The number of amides is 1. The quantitative estimate of drug-likeness (QED) is 0.440. The van der Waals surface area contributed by atoms with Gasteiger partial charge in [-0.25, -0.2) is 4.98 Å². The van der Waals surface area contributed by atoms with Crippen LogP contribution in [-0.2, 0) is 6.42 Å². The Balaban J connectivity index is 1.48. The fraction of sp³-hybridized carbons (Fsp3) is 0.0435. The smallest absolute Gasteiger partial charge is 0.292 e. The van der Waals surface area contributed by atoms with Crippen LogP contribution in [-0.4, -0.2) is 10.9 Å². The summed E-state index contributed by atoms with van der Waals surface area (Å²) < 4.78 is 5.65. The van der Waals surface area contributed by atoms with E-state index < -0.39 is 5.91 Å². The highest BCUT2D eigenvalue weighted by Gasteiger charge is 2.14. The molecule has 0 fully saturated rings. The Kier molecular flexibility index (Phi) is 5.25. The van der Waals surface area contributed by atoms with Crippen LogP contribution in [0.15, 0.2) is 94.5 Å². The number of aromatic nitrogens is 1. The topological polar surface area (TPSA) is 84.6 Å². The molecule has 2 aromatic heterocycles. The van der Waals surface area contributed by atoms with Gasteiger partial charge in [-0.1, -0.05) is 48.5 Å². The number of nitrogens with one attached hydrogen (secondary N) is 1. The van der Waals surface area contributed by atoms with Gasteiger partial charge in [-0.3, -0.25) is 4.79 Å². The molecule has 6 heteroatoms. The number of pyridine rings is 1. The number of rotatable bonds is 6. The van der Waals surface area contributed by atoms with Crippen molar-refractivity contribution in [3.05, 3.63) is 107 Å². The summed E-state index contributed by atoms with van der Waals surface area (Å²) in [5, 5.41) is 5.67. The third kappa shape index (κ3) is 4.44. The van der Waals surface area contributed by atoms with Crippen molar-refractivity contribution in [1.29, 1.82) is 0 Å². The average molecular weight is 383 g/mol. The lowest BCUT2D eigenvalue weighted by Gasteiger charge is -2.06. The van der Waals surface area contributed by atoms with E-state index >= 15 is 0 Å². The summed E-state index contributed by atoms with van der Waals surface area (Å²) in [6, 6.07) is 25.5. The molecule has 0 atom stereocenters. The molecule has 0 radical (unpaired) electrons. The summed E-state index contributed by atoms with van der Waals surface area (Å²) in [4.78, 5) is 27.7. The van der Waals surface area contributed by atoms with Crippen LogP contribution in [0.5, 0.6) is 0 Å². The van der Waals surface area contributed by atoms with Gasteiger partial charge in [0.15, 0.2) is 5.76 Å². The lowest BCUT2D eigenvalue weighted by molar-refractivity contribution is 0.0997. The second-order valence-electron chi connectivity index (χ2n) is 6.44. The summed E-state index contributed by atoms with van der Waals surface area (Å²) in [6.45, 7) is 0. The molecule has 4 rings (SSSR count). The SMILES string of the molecule is O=Nc1cccc(-c2ccc(C(=O)Nc3cccc(Cc4ccccc4)n3)o2)c1. The predicted octanol–water partition coefficient (Wildman–Crippen LogP) is 5.58. The molecule has 0 saturated heterocycles. The Morgan fingerprint density at radius 3 is 2.59 bits per heavy atom. The molecule has 0 unspecified atom stereocenters. The van der Waals surface area contributed by atoms with Crippen molar-refractivity contribution in [3.8, 4) is 11.3 Å². The summed E-state index contributed by atoms with van der Waals surface area (Å²) in [5.74, 6) is 0.685. The molecule has 6 nitrogen and oxygen atoms in total. The minimum Gasteiger partial charge on any atom is -0.451 e. The number of nitrogens with zero attached hydrogens (tertiary/aromatic N) is 2. The van der Waals surface area contributed by atoms with Gasteiger partial charge in [0.1, 0.15) is 17.3 Å². The number of hydrogen-bond acceptors (Lipinski definition) is 5. The van der Waals surface area contributed by atoms with Crippen LogP contribution in [0.1, 0.15) is 21.8 Å². The molecular weight excluding hydrogens is 366 g/mol. The molecule has 0 bridgehead atoms. The second kappa shape index (κ2) is 8.31. The molecule has 142 valence electrons. The Morgan fingerprint density at radius 2 is 1.76 bits per heavy atom. The highest BCUT2D eigenvalue weighted by molar-refractivity contribution is 6.02. The van der Waals surface area contributed by atoms with Crippen molar-refractivity contribution in [2.45, 2.75) is 6.42 Å². The molecule has 0 aliphatic rings. The van der Waals surface area contributed by atoms with E-state index in [1.54, 1.807) is 42.5 Å². The third-order valence-corrected chi connectivity index (χ3v) is 4.34. The van der Waals surface area contributed by atoms with Gasteiger partial charge in [0, 0.05) is 17.7 Å². The van der Waals surface area contributed by atoms with E-state index in [2.05, 4.69) is 15.5 Å². The van der Waals surface area contributed by atoms with Crippen LogP contribution < -0.4 is 5.32 Å². The minimum absolute atomic E-state index is 0.153. The average Bonchev–Trinajstić information content (AvgIpc) is 3.25. The van der Waals surface area contributed by atoms with Crippen LogP contribution in [0.4, 0.5) is 11.5 Å². The molecule has 0 aliphatic carbocycles. The summed E-state index contributed by atoms with van der Waals surface area (Å²) in [5.41, 5.74) is 2.96.